The van der Waals surface area contributed by atoms with Crippen molar-refractivity contribution in [2.45, 2.75) is 17.7 Å². The van der Waals surface area contributed by atoms with Gasteiger partial charge in [0.05, 0.1) is 15.5 Å². The third-order valence-electron chi connectivity index (χ3n) is 3.98. The zero-order chi connectivity index (χ0) is 18.0. The molecule has 0 unspecified atom stereocenters. The molecule has 5 nitrogen and oxygen atoms in total. The molecule has 0 aromatic heterocycles. The van der Waals surface area contributed by atoms with Crippen LogP contribution in [0, 0.1) is 5.82 Å². The standard InChI is InChI=1S/C17H16ClFN2O3S/c18-14-7-4-8-15(19)16(14)17(22)20-12-5-3-6-13(11-12)25(23,24)21-9-1-2-10-21/h3-8,11H,1-2,9-10H2,(H,20,22). The van der Waals surface area contributed by atoms with Crippen LogP contribution >= 0.6 is 11.6 Å². The Morgan fingerprint density at radius 3 is 2.48 bits per heavy atom. The third-order valence-corrected chi connectivity index (χ3v) is 6.19. The molecule has 3 rings (SSSR count). The molecule has 0 radical (unpaired) electrons. The molecule has 1 amide bonds. The Hall–Kier alpha value is -1.96. The first-order valence-corrected chi connectivity index (χ1v) is 9.57. The van der Waals surface area contributed by atoms with Crippen molar-refractivity contribution in [1.29, 1.82) is 0 Å². The first kappa shape index (κ1) is 17.8. The van der Waals surface area contributed by atoms with Gasteiger partial charge in [0.25, 0.3) is 5.91 Å². The smallest absolute Gasteiger partial charge is 0.260 e. The van der Waals surface area contributed by atoms with Crippen molar-refractivity contribution in [2.24, 2.45) is 0 Å². The van der Waals surface area contributed by atoms with E-state index in [1.165, 1.54) is 40.7 Å². The predicted octanol–water partition coefficient (Wildman–Crippen LogP) is 3.52. The lowest BCUT2D eigenvalue weighted by Crippen LogP contribution is -2.28. The van der Waals surface area contributed by atoms with Crippen LogP contribution in [0.25, 0.3) is 0 Å². The summed E-state index contributed by atoms with van der Waals surface area (Å²) in [6.45, 7) is 0.980. The van der Waals surface area contributed by atoms with Crippen molar-refractivity contribution in [3.63, 3.8) is 0 Å². The number of carbonyl (C=O) groups excluding carboxylic acids is 1. The van der Waals surface area contributed by atoms with E-state index in [1.807, 2.05) is 0 Å². The first-order chi connectivity index (χ1) is 11.9. The molecular weight excluding hydrogens is 367 g/mol. The maximum Gasteiger partial charge on any atom is 0.260 e. The van der Waals surface area contributed by atoms with Gasteiger partial charge in [0.1, 0.15) is 5.82 Å². The maximum atomic E-state index is 13.8. The molecule has 2 aromatic carbocycles. The molecule has 0 spiro atoms. The minimum Gasteiger partial charge on any atom is -0.322 e. The monoisotopic (exact) mass is 382 g/mol. The van der Waals surface area contributed by atoms with Gasteiger partial charge in [-0.1, -0.05) is 23.7 Å². The lowest BCUT2D eigenvalue weighted by atomic mass is 10.2. The van der Waals surface area contributed by atoms with Crippen LogP contribution in [0.15, 0.2) is 47.4 Å². The Bertz CT molecular complexity index is 892. The van der Waals surface area contributed by atoms with Gasteiger partial charge in [-0.2, -0.15) is 4.31 Å². The van der Waals surface area contributed by atoms with Crippen LogP contribution in [0.4, 0.5) is 10.1 Å². The topological polar surface area (TPSA) is 66.5 Å². The van der Waals surface area contributed by atoms with E-state index in [0.717, 1.165) is 18.9 Å². The summed E-state index contributed by atoms with van der Waals surface area (Å²) in [5.41, 5.74) is -0.0263. The maximum absolute atomic E-state index is 13.8. The lowest BCUT2D eigenvalue weighted by molar-refractivity contribution is 0.102. The van der Waals surface area contributed by atoms with Crippen LogP contribution in [0.2, 0.25) is 5.02 Å². The molecule has 132 valence electrons. The summed E-state index contributed by atoms with van der Waals surface area (Å²) >= 11 is 5.88. The molecule has 1 saturated heterocycles. The van der Waals surface area contributed by atoms with E-state index < -0.39 is 21.7 Å². The molecule has 8 heteroatoms. The van der Waals surface area contributed by atoms with E-state index in [-0.39, 0.29) is 21.2 Å². The van der Waals surface area contributed by atoms with Gasteiger partial charge in [-0.15, -0.1) is 0 Å². The molecule has 25 heavy (non-hydrogen) atoms. The number of anilines is 1. The second-order valence-corrected chi connectivity index (χ2v) is 8.03. The van der Waals surface area contributed by atoms with E-state index in [4.69, 9.17) is 11.6 Å². The number of hydrogen-bond acceptors (Lipinski definition) is 3. The first-order valence-electron chi connectivity index (χ1n) is 7.75. The van der Waals surface area contributed by atoms with Crippen LogP contribution in [-0.4, -0.2) is 31.7 Å². The minimum absolute atomic E-state index is 0.0154. The summed E-state index contributed by atoms with van der Waals surface area (Å²) in [6.07, 6.45) is 1.67. The van der Waals surface area contributed by atoms with Gasteiger partial charge in [0, 0.05) is 18.8 Å². The van der Waals surface area contributed by atoms with Crippen LogP contribution in [0.5, 0.6) is 0 Å². The number of nitrogens with one attached hydrogen (secondary N) is 1. The van der Waals surface area contributed by atoms with Crippen molar-refractivity contribution in [3.05, 3.63) is 58.9 Å². The summed E-state index contributed by atoms with van der Waals surface area (Å²) in [4.78, 5) is 12.4. The number of benzene rings is 2. The third kappa shape index (κ3) is 3.68. The number of amides is 1. The van der Waals surface area contributed by atoms with Crippen LogP contribution in [0.1, 0.15) is 23.2 Å². The average molecular weight is 383 g/mol. The zero-order valence-corrected chi connectivity index (χ0v) is 14.8. The Morgan fingerprint density at radius 2 is 1.80 bits per heavy atom. The molecule has 1 aliphatic rings. The van der Waals surface area contributed by atoms with Crippen molar-refractivity contribution in [2.75, 3.05) is 18.4 Å². The second kappa shape index (κ2) is 7.11. The zero-order valence-electron chi connectivity index (χ0n) is 13.2. The highest BCUT2D eigenvalue weighted by atomic mass is 35.5. The lowest BCUT2D eigenvalue weighted by Gasteiger charge is -2.16. The SMILES string of the molecule is O=C(Nc1cccc(S(=O)(=O)N2CCCC2)c1)c1c(F)cccc1Cl. The Morgan fingerprint density at radius 1 is 1.12 bits per heavy atom. The summed E-state index contributed by atoms with van der Waals surface area (Å²) in [5.74, 6) is -1.48. The molecule has 1 N–H and O–H groups in total. The normalized spacial score (nSPS) is 15.3. The molecule has 1 aliphatic heterocycles. The fourth-order valence-corrected chi connectivity index (χ4v) is 4.53. The van der Waals surface area contributed by atoms with E-state index in [2.05, 4.69) is 5.32 Å². The predicted molar refractivity (Wildman–Crippen MR) is 93.8 cm³/mol. The summed E-state index contributed by atoms with van der Waals surface area (Å²) in [6, 6.07) is 9.84. The summed E-state index contributed by atoms with van der Waals surface area (Å²) in [5, 5.41) is 2.48. The molecule has 0 bridgehead atoms. The van der Waals surface area contributed by atoms with Gasteiger partial charge in [0.15, 0.2) is 0 Å². The van der Waals surface area contributed by atoms with E-state index in [0.29, 0.717) is 13.1 Å². The number of sulfonamides is 1. The Balaban J connectivity index is 1.86. The van der Waals surface area contributed by atoms with Crippen molar-refractivity contribution >= 4 is 33.2 Å². The number of carbonyl (C=O) groups is 1. The molecule has 0 saturated carbocycles. The van der Waals surface area contributed by atoms with Gasteiger partial charge in [-0.25, -0.2) is 12.8 Å². The second-order valence-electron chi connectivity index (χ2n) is 5.69. The van der Waals surface area contributed by atoms with Crippen LogP contribution in [0.3, 0.4) is 0 Å². The van der Waals surface area contributed by atoms with Gasteiger partial charge < -0.3 is 5.32 Å². The fourth-order valence-electron chi connectivity index (χ4n) is 2.72. The minimum atomic E-state index is -3.60. The van der Waals surface area contributed by atoms with Crippen molar-refractivity contribution in [1.82, 2.24) is 4.31 Å². The molecule has 1 heterocycles. The van der Waals surface area contributed by atoms with Crippen molar-refractivity contribution < 1.29 is 17.6 Å². The fraction of sp³-hybridized carbons (Fsp3) is 0.235. The largest absolute Gasteiger partial charge is 0.322 e. The van der Waals surface area contributed by atoms with Crippen molar-refractivity contribution in [3.8, 4) is 0 Å². The molecule has 0 atom stereocenters. The van der Waals surface area contributed by atoms with Crippen LogP contribution < -0.4 is 5.32 Å². The highest BCUT2D eigenvalue weighted by Crippen LogP contribution is 2.24. The number of nitrogens with zero attached hydrogens (tertiary/aromatic N) is 1. The Labute approximate surface area is 150 Å². The summed E-state index contributed by atoms with van der Waals surface area (Å²) in [7, 11) is -3.60. The number of hydrogen-bond donors (Lipinski definition) is 1. The van der Waals surface area contributed by atoms with Gasteiger partial charge in [-0.05, 0) is 43.2 Å². The molecule has 2 aromatic rings. The average Bonchev–Trinajstić information content (AvgIpc) is 3.10. The quantitative estimate of drug-likeness (QED) is 0.879. The highest BCUT2D eigenvalue weighted by Gasteiger charge is 2.27. The van der Waals surface area contributed by atoms with Crippen LogP contribution in [-0.2, 0) is 10.0 Å². The number of halogens is 2. The molecular formula is C17H16ClFN2O3S. The van der Waals surface area contributed by atoms with Gasteiger partial charge in [0.2, 0.25) is 10.0 Å². The van der Waals surface area contributed by atoms with Gasteiger partial charge in [-0.3, -0.25) is 4.79 Å². The van der Waals surface area contributed by atoms with Gasteiger partial charge >= 0.3 is 0 Å². The summed E-state index contributed by atoms with van der Waals surface area (Å²) < 4.78 is 40.4. The highest BCUT2D eigenvalue weighted by molar-refractivity contribution is 7.89. The molecule has 0 aliphatic carbocycles. The van der Waals surface area contributed by atoms with E-state index in [1.54, 1.807) is 0 Å². The number of rotatable bonds is 4. The Kier molecular flexibility index (Phi) is 5.08. The molecule has 1 fully saturated rings. The van der Waals surface area contributed by atoms with E-state index in [9.17, 15) is 17.6 Å². The van der Waals surface area contributed by atoms with E-state index >= 15 is 0 Å².